The number of piperidine rings is 1. The van der Waals surface area contributed by atoms with Gasteiger partial charge in [0, 0.05) is 30.1 Å². The zero-order chi connectivity index (χ0) is 25.2. The van der Waals surface area contributed by atoms with Crippen LogP contribution in [0.1, 0.15) is 50.5 Å². The number of rotatable bonds is 6. The number of anilines is 1. The Morgan fingerprint density at radius 1 is 1.19 bits per heavy atom. The first-order valence-corrected chi connectivity index (χ1v) is 14.2. The molecule has 1 atom stereocenters. The minimum atomic E-state index is -0.612. The topological polar surface area (TPSA) is 77.0 Å². The molecule has 0 bridgehead atoms. The van der Waals surface area contributed by atoms with Gasteiger partial charge in [0.2, 0.25) is 0 Å². The summed E-state index contributed by atoms with van der Waals surface area (Å²) in [6, 6.07) is 11.2. The number of thiazole rings is 1. The maximum absolute atomic E-state index is 13.7. The van der Waals surface area contributed by atoms with Crippen LogP contribution < -0.4 is 19.8 Å². The van der Waals surface area contributed by atoms with Crippen molar-refractivity contribution in [2.75, 3.05) is 30.9 Å². The fourth-order valence-corrected chi connectivity index (χ4v) is 6.16. The Hall–Kier alpha value is -3.04. The lowest BCUT2D eigenvalue weighted by Gasteiger charge is -2.25. The molecule has 3 aromatic rings. The molecule has 188 valence electrons. The summed E-state index contributed by atoms with van der Waals surface area (Å²) in [5, 5.41) is 0. The van der Waals surface area contributed by atoms with Gasteiger partial charge in [-0.3, -0.25) is 9.36 Å². The molecule has 5 rings (SSSR count). The summed E-state index contributed by atoms with van der Waals surface area (Å²) in [4.78, 5) is 35.3. The van der Waals surface area contributed by atoms with Crippen molar-refractivity contribution in [3.63, 3.8) is 0 Å². The van der Waals surface area contributed by atoms with E-state index >= 15 is 0 Å². The molecule has 0 N–H and O–H groups in total. The first kappa shape index (κ1) is 24.6. The maximum atomic E-state index is 13.7. The van der Waals surface area contributed by atoms with Crippen LogP contribution in [0.5, 0.6) is 0 Å². The van der Waals surface area contributed by atoms with E-state index in [4.69, 9.17) is 9.15 Å². The Labute approximate surface area is 217 Å². The summed E-state index contributed by atoms with van der Waals surface area (Å²) in [6.45, 7) is 5.79. The molecule has 2 aliphatic heterocycles. The average Bonchev–Trinajstić information content (AvgIpc) is 3.48. The molecule has 2 aromatic heterocycles. The lowest BCUT2D eigenvalue weighted by Crippen LogP contribution is -2.39. The van der Waals surface area contributed by atoms with E-state index in [1.165, 1.54) is 17.8 Å². The number of fused-ring (bicyclic) bond motifs is 1. The van der Waals surface area contributed by atoms with Crippen LogP contribution >= 0.6 is 23.1 Å². The van der Waals surface area contributed by atoms with Crippen LogP contribution in [0.25, 0.3) is 6.08 Å². The van der Waals surface area contributed by atoms with Crippen LogP contribution in [0, 0.1) is 0 Å². The van der Waals surface area contributed by atoms with E-state index in [1.54, 1.807) is 36.3 Å². The molecule has 1 aromatic carbocycles. The van der Waals surface area contributed by atoms with Crippen molar-refractivity contribution in [2.45, 2.75) is 44.0 Å². The first-order valence-electron chi connectivity index (χ1n) is 12.2. The van der Waals surface area contributed by atoms with Gasteiger partial charge < -0.3 is 14.1 Å². The number of ether oxygens (including phenoxy) is 1. The van der Waals surface area contributed by atoms with Gasteiger partial charge in [0.1, 0.15) is 5.76 Å². The van der Waals surface area contributed by atoms with Crippen LogP contribution in [-0.4, -0.2) is 36.5 Å². The second-order valence-corrected chi connectivity index (χ2v) is 10.7. The van der Waals surface area contributed by atoms with Gasteiger partial charge in [-0.1, -0.05) is 23.5 Å². The van der Waals surface area contributed by atoms with Gasteiger partial charge >= 0.3 is 5.97 Å². The molecule has 0 spiro atoms. The van der Waals surface area contributed by atoms with Crippen LogP contribution in [-0.2, 0) is 9.53 Å². The van der Waals surface area contributed by atoms with Gasteiger partial charge in [-0.05, 0) is 63.1 Å². The van der Waals surface area contributed by atoms with E-state index in [9.17, 15) is 9.59 Å². The zero-order valence-electron chi connectivity index (χ0n) is 20.7. The highest BCUT2D eigenvalue weighted by atomic mass is 32.2. The number of hydrogen-bond acceptors (Lipinski definition) is 8. The Bertz CT molecular complexity index is 1470. The number of benzene rings is 1. The minimum Gasteiger partial charge on any atom is -0.463 e. The smallest absolute Gasteiger partial charge is 0.338 e. The number of aromatic nitrogens is 1. The van der Waals surface area contributed by atoms with Gasteiger partial charge in [0.05, 0.1) is 28.5 Å². The predicted octanol–water partition coefficient (Wildman–Crippen LogP) is 4.10. The standard InChI is InChI=1S/C27H29N3O4S2/c1-4-33-26(32)23-17(2)28-27-30(24(23)18-8-11-20(35-3)12-9-18)25(31)21(36-27)16-19-10-13-22(34-19)29-14-6-5-7-15-29/h8-13,16,24H,4-7,14-15H2,1-3H3/b21-16-/t24-/m0/s1. The number of allylic oxidation sites excluding steroid dienone is 1. The Morgan fingerprint density at radius 3 is 2.64 bits per heavy atom. The van der Waals surface area contributed by atoms with E-state index in [1.807, 2.05) is 42.7 Å². The molecule has 1 saturated heterocycles. The molecular formula is C27H29N3O4S2. The molecule has 2 aliphatic rings. The van der Waals surface area contributed by atoms with Crippen molar-refractivity contribution in [2.24, 2.45) is 4.99 Å². The third kappa shape index (κ3) is 4.69. The Kier molecular flexibility index (Phi) is 7.20. The van der Waals surface area contributed by atoms with Crippen molar-refractivity contribution in [1.29, 1.82) is 0 Å². The monoisotopic (exact) mass is 523 g/mol. The molecule has 7 nitrogen and oxygen atoms in total. The normalized spacial score (nSPS) is 18.2. The maximum Gasteiger partial charge on any atom is 0.338 e. The second kappa shape index (κ2) is 10.5. The van der Waals surface area contributed by atoms with Gasteiger partial charge in [0.15, 0.2) is 10.7 Å². The molecule has 1 fully saturated rings. The third-order valence-electron chi connectivity index (χ3n) is 6.50. The van der Waals surface area contributed by atoms with Gasteiger partial charge in [-0.25, -0.2) is 9.79 Å². The molecule has 0 saturated carbocycles. The van der Waals surface area contributed by atoms with Crippen LogP contribution in [0.2, 0.25) is 0 Å². The van der Waals surface area contributed by atoms with Crippen molar-refractivity contribution < 1.29 is 13.9 Å². The van der Waals surface area contributed by atoms with Crippen molar-refractivity contribution in [1.82, 2.24) is 4.57 Å². The van der Waals surface area contributed by atoms with Crippen LogP contribution in [0.4, 0.5) is 5.88 Å². The number of carbonyl (C=O) groups is 1. The molecular weight excluding hydrogens is 494 g/mol. The number of thioether (sulfide) groups is 1. The Morgan fingerprint density at radius 2 is 1.94 bits per heavy atom. The second-order valence-electron chi connectivity index (χ2n) is 8.80. The SMILES string of the molecule is CCOC(=O)C1=C(C)N=c2s/c(=C\c3ccc(N4CCCCC4)o3)c(=O)n2[C@H]1c1ccc(SC)cc1. The molecule has 0 aliphatic carbocycles. The third-order valence-corrected chi connectivity index (χ3v) is 8.23. The van der Waals surface area contributed by atoms with Gasteiger partial charge in [0.25, 0.3) is 5.56 Å². The highest BCUT2D eigenvalue weighted by molar-refractivity contribution is 7.98. The quantitative estimate of drug-likeness (QED) is 0.358. The number of furan rings is 1. The number of esters is 1. The van der Waals surface area contributed by atoms with E-state index < -0.39 is 12.0 Å². The molecule has 36 heavy (non-hydrogen) atoms. The summed E-state index contributed by atoms with van der Waals surface area (Å²) in [5.41, 5.74) is 1.58. The van der Waals surface area contributed by atoms with Crippen molar-refractivity contribution in [3.05, 3.63) is 78.7 Å². The fraction of sp³-hybridized carbons (Fsp3) is 0.370. The lowest BCUT2D eigenvalue weighted by molar-refractivity contribution is -0.139. The summed E-state index contributed by atoms with van der Waals surface area (Å²) in [6.07, 6.45) is 7.36. The molecule has 4 heterocycles. The molecule has 0 radical (unpaired) electrons. The fourth-order valence-electron chi connectivity index (χ4n) is 4.73. The lowest BCUT2D eigenvalue weighted by atomic mass is 9.96. The summed E-state index contributed by atoms with van der Waals surface area (Å²) < 4.78 is 13.6. The van der Waals surface area contributed by atoms with E-state index in [2.05, 4.69) is 9.89 Å². The van der Waals surface area contributed by atoms with E-state index in [0.29, 0.717) is 26.4 Å². The molecule has 9 heteroatoms. The highest BCUT2D eigenvalue weighted by Gasteiger charge is 2.33. The van der Waals surface area contributed by atoms with E-state index in [-0.39, 0.29) is 12.2 Å². The summed E-state index contributed by atoms with van der Waals surface area (Å²) in [7, 11) is 0. The predicted molar refractivity (Wildman–Crippen MR) is 143 cm³/mol. The van der Waals surface area contributed by atoms with E-state index in [0.717, 1.165) is 42.3 Å². The number of carbonyl (C=O) groups excluding carboxylic acids is 1. The van der Waals surface area contributed by atoms with Gasteiger partial charge in [-0.15, -0.1) is 11.8 Å². The Balaban J connectivity index is 1.60. The average molecular weight is 524 g/mol. The molecule has 0 unspecified atom stereocenters. The van der Waals surface area contributed by atoms with Crippen LogP contribution in [0.15, 0.2) is 66.8 Å². The van der Waals surface area contributed by atoms with Crippen molar-refractivity contribution >= 4 is 41.0 Å². The largest absolute Gasteiger partial charge is 0.463 e. The number of hydrogen-bond donors (Lipinski definition) is 0. The van der Waals surface area contributed by atoms with Crippen LogP contribution in [0.3, 0.4) is 0 Å². The number of nitrogens with zero attached hydrogens (tertiary/aromatic N) is 3. The zero-order valence-corrected chi connectivity index (χ0v) is 22.3. The van der Waals surface area contributed by atoms with Crippen molar-refractivity contribution in [3.8, 4) is 0 Å². The van der Waals surface area contributed by atoms with Gasteiger partial charge in [-0.2, -0.15) is 0 Å². The first-order chi connectivity index (χ1) is 17.5. The highest BCUT2D eigenvalue weighted by Crippen LogP contribution is 2.31. The summed E-state index contributed by atoms with van der Waals surface area (Å²) in [5.74, 6) is 1.01. The minimum absolute atomic E-state index is 0.206. The summed E-state index contributed by atoms with van der Waals surface area (Å²) >= 11 is 2.94. The molecule has 0 amide bonds.